The topological polar surface area (TPSA) is 68.0 Å². The van der Waals surface area contributed by atoms with Gasteiger partial charge in [-0.1, -0.05) is 12.1 Å². The number of amides is 1. The van der Waals surface area contributed by atoms with Crippen LogP contribution >= 0.6 is 11.8 Å². The van der Waals surface area contributed by atoms with Gasteiger partial charge < -0.3 is 9.73 Å². The van der Waals surface area contributed by atoms with Crippen molar-refractivity contribution in [2.75, 3.05) is 11.6 Å². The number of nitrogens with zero attached hydrogens (tertiary/aromatic N) is 2. The average molecular weight is 375 g/mol. The van der Waals surface area contributed by atoms with E-state index in [1.807, 2.05) is 48.5 Å². The number of anilines is 1. The smallest absolute Gasteiger partial charge is 0.255 e. The van der Waals surface area contributed by atoms with Gasteiger partial charge in [0.25, 0.3) is 5.91 Å². The van der Waals surface area contributed by atoms with Crippen LogP contribution in [0.25, 0.3) is 22.6 Å². The number of pyridine rings is 1. The number of rotatable bonds is 5. The second-order valence-electron chi connectivity index (χ2n) is 6.02. The van der Waals surface area contributed by atoms with Crippen molar-refractivity contribution in [2.45, 2.75) is 5.75 Å². The molecule has 0 aliphatic rings. The van der Waals surface area contributed by atoms with Crippen LogP contribution < -0.4 is 5.32 Å². The summed E-state index contributed by atoms with van der Waals surface area (Å²) in [5.74, 6) is 1.31. The summed E-state index contributed by atoms with van der Waals surface area (Å²) in [5.41, 5.74) is 4.70. The van der Waals surface area contributed by atoms with Gasteiger partial charge in [0, 0.05) is 41.0 Å². The molecule has 0 aliphatic heterocycles. The van der Waals surface area contributed by atoms with Crippen molar-refractivity contribution in [3.8, 4) is 11.5 Å². The average Bonchev–Trinajstić information content (AvgIpc) is 3.13. The molecule has 0 spiro atoms. The first-order valence-corrected chi connectivity index (χ1v) is 9.82. The van der Waals surface area contributed by atoms with Gasteiger partial charge in [0.1, 0.15) is 5.52 Å². The predicted molar refractivity (Wildman–Crippen MR) is 109 cm³/mol. The van der Waals surface area contributed by atoms with E-state index in [1.165, 1.54) is 5.56 Å². The zero-order chi connectivity index (χ0) is 18.6. The summed E-state index contributed by atoms with van der Waals surface area (Å²) < 4.78 is 5.83. The van der Waals surface area contributed by atoms with E-state index < -0.39 is 0 Å². The Balaban J connectivity index is 1.54. The molecule has 0 saturated carbocycles. The Kier molecular flexibility index (Phi) is 4.89. The maximum absolute atomic E-state index is 12.5. The molecule has 0 bridgehead atoms. The van der Waals surface area contributed by atoms with Gasteiger partial charge in [-0.3, -0.25) is 9.78 Å². The monoisotopic (exact) mass is 375 g/mol. The van der Waals surface area contributed by atoms with Crippen molar-refractivity contribution in [2.24, 2.45) is 0 Å². The SMILES string of the molecule is CSCc1ccc(C(=O)Nc2ccc3nc(-c4ccncc4)oc3c2)cc1. The second-order valence-corrected chi connectivity index (χ2v) is 6.89. The summed E-state index contributed by atoms with van der Waals surface area (Å²) in [7, 11) is 0. The highest BCUT2D eigenvalue weighted by Gasteiger charge is 2.11. The molecule has 0 unspecified atom stereocenters. The van der Waals surface area contributed by atoms with Crippen LogP contribution in [-0.2, 0) is 5.75 Å². The van der Waals surface area contributed by atoms with Crippen LogP contribution in [-0.4, -0.2) is 22.1 Å². The standard InChI is InChI=1S/C21H17N3O2S/c1-27-13-14-2-4-15(5-3-14)20(25)23-17-6-7-18-19(12-17)26-21(24-18)16-8-10-22-11-9-16/h2-12H,13H2,1H3,(H,23,25). The number of oxazole rings is 1. The number of hydrogen-bond donors (Lipinski definition) is 1. The first-order valence-electron chi connectivity index (χ1n) is 8.43. The number of nitrogens with one attached hydrogen (secondary N) is 1. The van der Waals surface area contributed by atoms with Crippen molar-refractivity contribution >= 4 is 34.5 Å². The Morgan fingerprint density at radius 2 is 1.85 bits per heavy atom. The second kappa shape index (κ2) is 7.63. The molecule has 134 valence electrons. The number of carbonyl (C=O) groups excluding carboxylic acids is 1. The van der Waals surface area contributed by atoms with E-state index in [2.05, 4.69) is 21.5 Å². The Labute approximate surface area is 160 Å². The fourth-order valence-electron chi connectivity index (χ4n) is 2.74. The van der Waals surface area contributed by atoms with Gasteiger partial charge in [-0.25, -0.2) is 4.98 Å². The van der Waals surface area contributed by atoms with Crippen molar-refractivity contribution in [3.05, 3.63) is 78.1 Å². The third-order valence-corrected chi connectivity index (χ3v) is 4.72. The molecule has 0 fully saturated rings. The Bertz CT molecular complexity index is 1080. The molecule has 1 N–H and O–H groups in total. The lowest BCUT2D eigenvalue weighted by Crippen LogP contribution is -2.11. The Hall–Kier alpha value is -3.12. The number of carbonyl (C=O) groups is 1. The zero-order valence-electron chi connectivity index (χ0n) is 14.7. The van der Waals surface area contributed by atoms with Gasteiger partial charge in [0.2, 0.25) is 5.89 Å². The van der Waals surface area contributed by atoms with Crippen LogP contribution in [0.1, 0.15) is 15.9 Å². The number of benzene rings is 2. The van der Waals surface area contributed by atoms with Gasteiger partial charge in [-0.15, -0.1) is 0 Å². The van der Waals surface area contributed by atoms with Gasteiger partial charge in [-0.05, 0) is 48.2 Å². The van der Waals surface area contributed by atoms with E-state index >= 15 is 0 Å². The van der Waals surface area contributed by atoms with Gasteiger partial charge in [0.05, 0.1) is 0 Å². The number of aromatic nitrogens is 2. The van der Waals surface area contributed by atoms with E-state index in [4.69, 9.17) is 4.42 Å². The van der Waals surface area contributed by atoms with Crippen LogP contribution in [0.5, 0.6) is 0 Å². The largest absolute Gasteiger partial charge is 0.436 e. The molecule has 2 aromatic carbocycles. The maximum Gasteiger partial charge on any atom is 0.255 e. The number of fused-ring (bicyclic) bond motifs is 1. The quantitative estimate of drug-likeness (QED) is 0.531. The lowest BCUT2D eigenvalue weighted by Gasteiger charge is -2.06. The highest BCUT2D eigenvalue weighted by Crippen LogP contribution is 2.26. The van der Waals surface area contributed by atoms with E-state index in [0.29, 0.717) is 22.7 Å². The normalized spacial score (nSPS) is 10.9. The van der Waals surface area contributed by atoms with Crippen molar-refractivity contribution in [3.63, 3.8) is 0 Å². The molecule has 4 aromatic rings. The molecular formula is C21H17N3O2S. The molecule has 6 heteroatoms. The number of thioether (sulfide) groups is 1. The summed E-state index contributed by atoms with van der Waals surface area (Å²) >= 11 is 1.75. The van der Waals surface area contributed by atoms with Crippen molar-refractivity contribution in [1.29, 1.82) is 0 Å². The first-order chi connectivity index (χ1) is 13.2. The van der Waals surface area contributed by atoms with Gasteiger partial charge in [0.15, 0.2) is 5.58 Å². The summed E-state index contributed by atoms with van der Waals surface area (Å²) in [6.07, 6.45) is 5.45. The van der Waals surface area contributed by atoms with Gasteiger partial charge >= 0.3 is 0 Å². The first kappa shape index (κ1) is 17.3. The molecule has 0 atom stereocenters. The van der Waals surface area contributed by atoms with Crippen LogP contribution in [0.2, 0.25) is 0 Å². The van der Waals surface area contributed by atoms with Crippen LogP contribution in [0.3, 0.4) is 0 Å². The Morgan fingerprint density at radius 3 is 2.59 bits per heavy atom. The summed E-state index contributed by atoms with van der Waals surface area (Å²) in [4.78, 5) is 21.0. The molecule has 1 amide bonds. The third-order valence-electron chi connectivity index (χ3n) is 4.10. The summed E-state index contributed by atoms with van der Waals surface area (Å²) in [5, 5.41) is 2.91. The number of hydrogen-bond acceptors (Lipinski definition) is 5. The minimum Gasteiger partial charge on any atom is -0.436 e. The van der Waals surface area contributed by atoms with Gasteiger partial charge in [-0.2, -0.15) is 11.8 Å². The molecule has 5 nitrogen and oxygen atoms in total. The molecule has 4 rings (SSSR count). The summed E-state index contributed by atoms with van der Waals surface area (Å²) in [6, 6.07) is 16.8. The highest BCUT2D eigenvalue weighted by atomic mass is 32.2. The third kappa shape index (κ3) is 3.85. The van der Waals surface area contributed by atoms with Crippen LogP contribution in [0.15, 0.2) is 71.4 Å². The maximum atomic E-state index is 12.5. The molecule has 0 aliphatic carbocycles. The lowest BCUT2D eigenvalue weighted by atomic mass is 10.1. The molecular weight excluding hydrogens is 358 g/mol. The van der Waals surface area contributed by atoms with Crippen LogP contribution in [0.4, 0.5) is 5.69 Å². The minimum absolute atomic E-state index is 0.154. The van der Waals surface area contributed by atoms with E-state index in [-0.39, 0.29) is 5.91 Å². The molecule has 2 heterocycles. The van der Waals surface area contributed by atoms with Crippen molar-refractivity contribution < 1.29 is 9.21 Å². The highest BCUT2D eigenvalue weighted by molar-refractivity contribution is 7.97. The Morgan fingerprint density at radius 1 is 1.07 bits per heavy atom. The molecule has 27 heavy (non-hydrogen) atoms. The predicted octanol–water partition coefficient (Wildman–Crippen LogP) is 5.01. The lowest BCUT2D eigenvalue weighted by molar-refractivity contribution is 0.102. The molecule has 0 radical (unpaired) electrons. The van der Waals surface area contributed by atoms with Crippen molar-refractivity contribution in [1.82, 2.24) is 9.97 Å². The molecule has 2 aromatic heterocycles. The molecule has 0 saturated heterocycles. The fraction of sp³-hybridized carbons (Fsp3) is 0.0952. The van der Waals surface area contributed by atoms with E-state index in [1.54, 1.807) is 30.2 Å². The summed E-state index contributed by atoms with van der Waals surface area (Å²) in [6.45, 7) is 0. The van der Waals surface area contributed by atoms with E-state index in [9.17, 15) is 4.79 Å². The fourth-order valence-corrected chi connectivity index (χ4v) is 3.27. The minimum atomic E-state index is -0.154. The zero-order valence-corrected chi connectivity index (χ0v) is 15.5. The van der Waals surface area contributed by atoms with E-state index in [0.717, 1.165) is 16.8 Å². The van der Waals surface area contributed by atoms with Crippen LogP contribution in [0, 0.1) is 0 Å².